The van der Waals surface area contributed by atoms with Crippen molar-refractivity contribution in [3.05, 3.63) is 47.3 Å². The van der Waals surface area contributed by atoms with Gasteiger partial charge >= 0.3 is 0 Å². The van der Waals surface area contributed by atoms with Crippen molar-refractivity contribution in [2.45, 2.75) is 19.4 Å². The minimum atomic E-state index is -3.72. The topological polar surface area (TPSA) is 92.7 Å². The van der Waals surface area contributed by atoms with Crippen LogP contribution in [0.1, 0.15) is 19.4 Å². The molecule has 0 bridgehead atoms. The van der Waals surface area contributed by atoms with Gasteiger partial charge in [-0.25, -0.2) is 12.8 Å². The highest BCUT2D eigenvalue weighted by molar-refractivity contribution is 7.89. The van der Waals surface area contributed by atoms with Crippen molar-refractivity contribution in [1.82, 2.24) is 4.72 Å². The molecule has 1 aromatic carbocycles. The summed E-state index contributed by atoms with van der Waals surface area (Å²) in [6, 6.07) is 5.12. The number of hydrogen-bond donors (Lipinski definition) is 2. The molecular weight excluding hydrogens is 301 g/mol. The number of hydrogen-bond acceptors (Lipinski definition) is 5. The van der Waals surface area contributed by atoms with Crippen LogP contribution in [0, 0.1) is 5.82 Å². The quantitative estimate of drug-likeness (QED) is 0.874. The van der Waals surface area contributed by atoms with E-state index in [9.17, 15) is 22.7 Å². The van der Waals surface area contributed by atoms with Crippen LogP contribution in [0.4, 0.5) is 4.39 Å². The summed E-state index contributed by atoms with van der Waals surface area (Å²) in [5.41, 5.74) is -1.51. The molecule has 0 fully saturated rings. The molecule has 21 heavy (non-hydrogen) atoms. The van der Waals surface area contributed by atoms with E-state index in [-0.39, 0.29) is 11.3 Å². The van der Waals surface area contributed by atoms with Crippen LogP contribution >= 0.6 is 0 Å². The Morgan fingerprint density at radius 3 is 2.67 bits per heavy atom. The molecule has 8 heteroatoms. The van der Waals surface area contributed by atoms with Gasteiger partial charge < -0.3 is 9.84 Å². The minimum absolute atomic E-state index is 0.171. The summed E-state index contributed by atoms with van der Waals surface area (Å²) in [6.07, 6.45) is 0. The fourth-order valence-corrected chi connectivity index (χ4v) is 2.45. The number of nitrogens with one attached hydrogen (secondary N) is 1. The summed E-state index contributed by atoms with van der Waals surface area (Å²) in [6.45, 7) is 2.72. The van der Waals surface area contributed by atoms with Crippen LogP contribution in [-0.4, -0.2) is 25.1 Å². The molecular formula is C13H14FNO5S. The second-order valence-electron chi connectivity index (χ2n) is 4.66. The van der Waals surface area contributed by atoms with Gasteiger partial charge in [0.2, 0.25) is 21.7 Å². The molecule has 0 saturated heterocycles. The average molecular weight is 315 g/mol. The predicted octanol–water partition coefficient (Wildman–Crippen LogP) is 1.31. The first-order valence-corrected chi connectivity index (χ1v) is 7.78. The van der Waals surface area contributed by atoms with E-state index < -0.39 is 38.9 Å². The fraction of sp³-hybridized carbons (Fsp3) is 0.308. The van der Waals surface area contributed by atoms with Gasteiger partial charge in [0, 0.05) is 5.56 Å². The first kappa shape index (κ1) is 15.3. The lowest BCUT2D eigenvalue weighted by Crippen LogP contribution is -2.32. The van der Waals surface area contributed by atoms with Crippen molar-refractivity contribution in [2.24, 2.45) is 0 Å². The maximum Gasteiger partial charge on any atom is 0.250 e. The zero-order valence-electron chi connectivity index (χ0n) is 11.4. The molecule has 0 amide bonds. The van der Waals surface area contributed by atoms with E-state index in [1.54, 1.807) is 0 Å². The van der Waals surface area contributed by atoms with Crippen LogP contribution in [-0.2, 0) is 25.2 Å². The zero-order valence-corrected chi connectivity index (χ0v) is 12.2. The van der Waals surface area contributed by atoms with Gasteiger partial charge in [-0.05, 0) is 26.0 Å². The number of sulfonamides is 1. The SMILES string of the molecule is CCS(=O)(=O)NC1=C(O)C(=O)C(C)(c2cccc(F)c2)O1. The van der Waals surface area contributed by atoms with E-state index in [4.69, 9.17) is 4.74 Å². The van der Waals surface area contributed by atoms with Crippen LogP contribution in [0.5, 0.6) is 0 Å². The number of Topliss-reactive ketones (excluding diaryl/α,β-unsaturated/α-hetero) is 1. The summed E-state index contributed by atoms with van der Waals surface area (Å²) < 4.78 is 43.6. The molecule has 1 aromatic rings. The van der Waals surface area contributed by atoms with Crippen molar-refractivity contribution < 1.29 is 27.4 Å². The van der Waals surface area contributed by atoms with E-state index in [1.165, 1.54) is 32.0 Å². The molecule has 1 aliphatic heterocycles. The molecule has 6 nitrogen and oxygen atoms in total. The standard InChI is InChI=1S/C13H14FNO5S/c1-3-21(18,19)15-12-10(16)11(17)13(2,20-12)8-5-4-6-9(14)7-8/h4-7,15-16H,3H2,1-2H3. The third kappa shape index (κ3) is 2.71. The molecule has 0 radical (unpaired) electrons. The third-order valence-corrected chi connectivity index (χ3v) is 4.43. The van der Waals surface area contributed by atoms with Gasteiger partial charge in [0.1, 0.15) is 5.82 Å². The molecule has 1 unspecified atom stereocenters. The lowest BCUT2D eigenvalue weighted by molar-refractivity contribution is -0.131. The van der Waals surface area contributed by atoms with E-state index in [1.807, 2.05) is 4.72 Å². The van der Waals surface area contributed by atoms with E-state index in [2.05, 4.69) is 0 Å². The molecule has 0 aromatic heterocycles. The summed E-state index contributed by atoms with van der Waals surface area (Å²) in [5.74, 6) is -3.06. The van der Waals surface area contributed by atoms with Crippen molar-refractivity contribution in [1.29, 1.82) is 0 Å². The van der Waals surface area contributed by atoms with Gasteiger partial charge in [-0.1, -0.05) is 12.1 Å². The van der Waals surface area contributed by atoms with Gasteiger partial charge in [0.25, 0.3) is 5.78 Å². The van der Waals surface area contributed by atoms with Gasteiger partial charge in [-0.2, -0.15) is 0 Å². The smallest absolute Gasteiger partial charge is 0.250 e. The van der Waals surface area contributed by atoms with E-state index >= 15 is 0 Å². The number of ketones is 1. The minimum Gasteiger partial charge on any atom is -0.501 e. The highest BCUT2D eigenvalue weighted by atomic mass is 32.2. The summed E-state index contributed by atoms with van der Waals surface area (Å²) >= 11 is 0. The first-order chi connectivity index (χ1) is 9.69. The molecule has 2 N–H and O–H groups in total. The molecule has 0 spiro atoms. The maximum absolute atomic E-state index is 13.3. The Bertz CT molecular complexity index is 728. The number of aliphatic hydroxyl groups excluding tert-OH is 1. The number of rotatable bonds is 4. The number of aliphatic hydroxyl groups is 1. The highest BCUT2D eigenvalue weighted by Crippen LogP contribution is 2.37. The Morgan fingerprint density at radius 1 is 1.43 bits per heavy atom. The van der Waals surface area contributed by atoms with Crippen molar-refractivity contribution in [3.8, 4) is 0 Å². The Kier molecular flexibility index (Phi) is 3.66. The number of benzene rings is 1. The summed E-state index contributed by atoms with van der Waals surface area (Å²) in [4.78, 5) is 12.1. The second-order valence-corrected chi connectivity index (χ2v) is 6.67. The van der Waals surface area contributed by atoms with Crippen molar-refractivity contribution >= 4 is 15.8 Å². The van der Waals surface area contributed by atoms with Crippen LogP contribution in [0.15, 0.2) is 35.9 Å². The second kappa shape index (κ2) is 5.03. The molecule has 1 aliphatic rings. The van der Waals surface area contributed by atoms with Crippen LogP contribution in [0.25, 0.3) is 0 Å². The zero-order chi connectivity index (χ0) is 15.8. The largest absolute Gasteiger partial charge is 0.501 e. The van der Waals surface area contributed by atoms with Gasteiger partial charge in [-0.15, -0.1) is 0 Å². The molecule has 1 atom stereocenters. The predicted molar refractivity (Wildman–Crippen MR) is 72.1 cm³/mol. The number of halogens is 1. The highest BCUT2D eigenvalue weighted by Gasteiger charge is 2.48. The Morgan fingerprint density at radius 2 is 2.10 bits per heavy atom. The van der Waals surface area contributed by atoms with Gasteiger partial charge in [0.15, 0.2) is 5.60 Å². The Labute approximate surface area is 121 Å². The molecule has 0 aliphatic carbocycles. The van der Waals surface area contributed by atoms with E-state index in [0.29, 0.717) is 0 Å². The molecule has 2 rings (SSSR count). The first-order valence-electron chi connectivity index (χ1n) is 6.13. The van der Waals surface area contributed by atoms with Gasteiger partial charge in [-0.3, -0.25) is 9.52 Å². The van der Waals surface area contributed by atoms with Gasteiger partial charge in [0.05, 0.1) is 5.75 Å². The van der Waals surface area contributed by atoms with E-state index in [0.717, 1.165) is 6.07 Å². The average Bonchev–Trinajstić information content (AvgIpc) is 2.64. The number of ether oxygens (including phenoxy) is 1. The van der Waals surface area contributed by atoms with Crippen LogP contribution < -0.4 is 4.72 Å². The van der Waals surface area contributed by atoms with Crippen molar-refractivity contribution in [2.75, 3.05) is 5.75 Å². The number of carbonyl (C=O) groups is 1. The molecule has 1 heterocycles. The normalized spacial score (nSPS) is 22.3. The monoisotopic (exact) mass is 315 g/mol. The van der Waals surface area contributed by atoms with Crippen molar-refractivity contribution in [3.63, 3.8) is 0 Å². The van der Waals surface area contributed by atoms with Crippen LogP contribution in [0.3, 0.4) is 0 Å². The summed E-state index contributed by atoms with van der Waals surface area (Å²) in [7, 11) is -3.72. The Balaban J connectivity index is 2.38. The maximum atomic E-state index is 13.3. The summed E-state index contributed by atoms with van der Waals surface area (Å²) in [5, 5.41) is 9.77. The number of carbonyl (C=O) groups excluding carboxylic acids is 1. The molecule has 0 saturated carbocycles. The lowest BCUT2D eigenvalue weighted by Gasteiger charge is -2.23. The lowest BCUT2D eigenvalue weighted by atomic mass is 9.91. The Hall–Kier alpha value is -2.09. The van der Waals surface area contributed by atoms with Crippen LogP contribution in [0.2, 0.25) is 0 Å². The third-order valence-electron chi connectivity index (χ3n) is 3.17. The molecule has 114 valence electrons. The fourth-order valence-electron chi connectivity index (χ4n) is 1.89.